The number of benzene rings is 1. The zero-order chi connectivity index (χ0) is 11.9. The van der Waals surface area contributed by atoms with E-state index in [1.807, 2.05) is 0 Å². The van der Waals surface area contributed by atoms with Crippen LogP contribution in [0.5, 0.6) is 0 Å². The average molecular weight is 288 g/mol. The van der Waals surface area contributed by atoms with E-state index in [9.17, 15) is 14.0 Å². The molecule has 1 atom stereocenters. The molecule has 2 rings (SSSR count). The summed E-state index contributed by atoms with van der Waals surface area (Å²) < 4.78 is 13.6. The first-order valence-electron chi connectivity index (χ1n) is 4.50. The summed E-state index contributed by atoms with van der Waals surface area (Å²) in [7, 11) is 0. The Labute approximate surface area is 98.6 Å². The van der Waals surface area contributed by atoms with Crippen LogP contribution in [-0.2, 0) is 9.59 Å². The number of anilines is 1. The summed E-state index contributed by atoms with van der Waals surface area (Å²) in [6.45, 7) is 0. The lowest BCUT2D eigenvalue weighted by Crippen LogP contribution is -2.15. The van der Waals surface area contributed by atoms with Gasteiger partial charge >= 0.3 is 5.97 Å². The third kappa shape index (κ3) is 1.80. The average Bonchev–Trinajstić information content (AvgIpc) is 2.45. The van der Waals surface area contributed by atoms with E-state index >= 15 is 0 Å². The normalized spacial score (nSPS) is 18.1. The van der Waals surface area contributed by atoms with Crippen molar-refractivity contribution in [3.63, 3.8) is 0 Å². The summed E-state index contributed by atoms with van der Waals surface area (Å²) in [6, 6.07) is 2.41. The second kappa shape index (κ2) is 3.86. The van der Waals surface area contributed by atoms with Gasteiger partial charge in [-0.15, -0.1) is 0 Å². The second-order valence-electron chi connectivity index (χ2n) is 3.49. The minimum Gasteiger partial charge on any atom is -0.481 e. The molecule has 0 saturated heterocycles. The molecule has 1 amide bonds. The van der Waals surface area contributed by atoms with Crippen molar-refractivity contribution < 1.29 is 19.1 Å². The number of nitrogens with one attached hydrogen (secondary N) is 1. The molecule has 6 heteroatoms. The first-order chi connectivity index (χ1) is 7.49. The number of amides is 1. The minimum absolute atomic E-state index is 0.339. The molecule has 1 aliphatic heterocycles. The number of carbonyl (C=O) groups is 2. The molecule has 1 aromatic rings. The van der Waals surface area contributed by atoms with Gasteiger partial charge in [-0.25, -0.2) is 4.39 Å². The van der Waals surface area contributed by atoms with Crippen molar-refractivity contribution >= 4 is 33.5 Å². The van der Waals surface area contributed by atoms with Gasteiger partial charge in [0.05, 0.1) is 18.0 Å². The zero-order valence-corrected chi connectivity index (χ0v) is 9.54. The van der Waals surface area contributed by atoms with Gasteiger partial charge in [0.15, 0.2) is 0 Å². The molecule has 0 fully saturated rings. The Morgan fingerprint density at radius 2 is 2.25 bits per heavy atom. The Morgan fingerprint density at radius 3 is 2.88 bits per heavy atom. The number of aliphatic carboxylic acids is 1. The maximum absolute atomic E-state index is 13.1. The van der Waals surface area contributed by atoms with Crippen LogP contribution >= 0.6 is 15.9 Å². The van der Waals surface area contributed by atoms with Crippen LogP contribution in [0.1, 0.15) is 17.9 Å². The molecule has 2 N–H and O–H groups in total. The summed E-state index contributed by atoms with van der Waals surface area (Å²) in [5, 5.41) is 11.2. The molecule has 0 radical (unpaired) electrons. The van der Waals surface area contributed by atoms with Crippen LogP contribution in [-0.4, -0.2) is 17.0 Å². The number of hydrogen-bond donors (Lipinski definition) is 2. The fourth-order valence-electron chi connectivity index (χ4n) is 1.73. The van der Waals surface area contributed by atoms with Gasteiger partial charge < -0.3 is 10.4 Å². The van der Waals surface area contributed by atoms with Crippen molar-refractivity contribution in [3.8, 4) is 0 Å². The molecule has 0 bridgehead atoms. The molecule has 0 aliphatic carbocycles. The lowest BCUT2D eigenvalue weighted by atomic mass is 9.97. The van der Waals surface area contributed by atoms with Crippen molar-refractivity contribution in [2.45, 2.75) is 12.3 Å². The zero-order valence-electron chi connectivity index (χ0n) is 7.96. The van der Waals surface area contributed by atoms with E-state index in [4.69, 9.17) is 5.11 Å². The van der Waals surface area contributed by atoms with Gasteiger partial charge in [-0.05, 0) is 33.6 Å². The predicted molar refractivity (Wildman–Crippen MR) is 57.7 cm³/mol. The first-order valence-corrected chi connectivity index (χ1v) is 5.30. The number of carbonyl (C=O) groups excluding carboxylic acids is 1. The topological polar surface area (TPSA) is 66.4 Å². The number of fused-ring (bicyclic) bond motifs is 1. The molecule has 0 saturated carbocycles. The molecule has 0 aromatic heterocycles. The van der Waals surface area contributed by atoms with Crippen LogP contribution in [0.3, 0.4) is 0 Å². The van der Waals surface area contributed by atoms with Gasteiger partial charge in [0.25, 0.3) is 0 Å². The van der Waals surface area contributed by atoms with Crippen molar-refractivity contribution in [1.29, 1.82) is 0 Å². The highest BCUT2D eigenvalue weighted by molar-refractivity contribution is 9.10. The molecule has 0 spiro atoms. The number of halogens is 2. The SMILES string of the molecule is O=C(O)CC1C(=O)Nc2c(Br)cc(F)cc21. The van der Waals surface area contributed by atoms with Gasteiger partial charge in [-0.2, -0.15) is 0 Å². The van der Waals surface area contributed by atoms with E-state index in [-0.39, 0.29) is 6.42 Å². The van der Waals surface area contributed by atoms with Crippen LogP contribution in [0.15, 0.2) is 16.6 Å². The van der Waals surface area contributed by atoms with E-state index in [1.165, 1.54) is 12.1 Å². The van der Waals surface area contributed by atoms with E-state index < -0.39 is 23.6 Å². The Bertz CT molecular complexity index is 489. The smallest absolute Gasteiger partial charge is 0.304 e. The fraction of sp³-hybridized carbons (Fsp3) is 0.200. The number of rotatable bonds is 2. The van der Waals surface area contributed by atoms with Crippen molar-refractivity contribution in [2.75, 3.05) is 5.32 Å². The molecule has 4 nitrogen and oxygen atoms in total. The highest BCUT2D eigenvalue weighted by Crippen LogP contribution is 2.40. The molecule has 1 heterocycles. The van der Waals surface area contributed by atoms with Crippen molar-refractivity contribution in [2.24, 2.45) is 0 Å². The van der Waals surface area contributed by atoms with Crippen LogP contribution in [0.25, 0.3) is 0 Å². The minimum atomic E-state index is -1.09. The molecule has 1 aromatic carbocycles. The molecular weight excluding hydrogens is 281 g/mol. The van der Waals surface area contributed by atoms with Gasteiger partial charge in [0.2, 0.25) is 5.91 Å². The van der Waals surface area contributed by atoms with Crippen LogP contribution in [0.2, 0.25) is 0 Å². The maximum Gasteiger partial charge on any atom is 0.304 e. The lowest BCUT2D eigenvalue weighted by Gasteiger charge is -2.05. The van der Waals surface area contributed by atoms with Crippen molar-refractivity contribution in [3.05, 3.63) is 28.0 Å². The highest BCUT2D eigenvalue weighted by Gasteiger charge is 2.34. The largest absolute Gasteiger partial charge is 0.481 e. The third-order valence-corrected chi connectivity index (χ3v) is 3.03. The number of carboxylic acid groups (broad SMARTS) is 1. The molecule has 84 valence electrons. The Morgan fingerprint density at radius 1 is 1.56 bits per heavy atom. The van der Waals surface area contributed by atoms with E-state index in [0.29, 0.717) is 15.7 Å². The standard InChI is InChI=1S/C10H7BrFNO3/c11-7-2-4(12)1-5-6(3-8(14)15)10(16)13-9(5)7/h1-2,6H,3H2,(H,13,16)(H,14,15). The fourth-order valence-corrected chi connectivity index (χ4v) is 2.28. The third-order valence-electron chi connectivity index (χ3n) is 2.40. The number of carboxylic acids is 1. The summed E-state index contributed by atoms with van der Waals surface area (Å²) >= 11 is 3.12. The second-order valence-corrected chi connectivity index (χ2v) is 4.35. The van der Waals surface area contributed by atoms with Crippen molar-refractivity contribution in [1.82, 2.24) is 0 Å². The van der Waals surface area contributed by atoms with E-state index in [0.717, 1.165) is 0 Å². The van der Waals surface area contributed by atoms with Gasteiger partial charge in [0.1, 0.15) is 5.82 Å². The quantitative estimate of drug-likeness (QED) is 0.875. The van der Waals surface area contributed by atoms with E-state index in [1.54, 1.807) is 0 Å². The monoisotopic (exact) mass is 287 g/mol. The van der Waals surface area contributed by atoms with Gasteiger partial charge in [-0.1, -0.05) is 0 Å². The maximum atomic E-state index is 13.1. The Kier molecular flexibility index (Phi) is 2.67. The molecule has 1 unspecified atom stereocenters. The summed E-state index contributed by atoms with van der Waals surface area (Å²) in [5.74, 6) is -2.82. The summed E-state index contributed by atoms with van der Waals surface area (Å²) in [5.41, 5.74) is 0.844. The summed E-state index contributed by atoms with van der Waals surface area (Å²) in [4.78, 5) is 22.1. The van der Waals surface area contributed by atoms with Gasteiger partial charge in [0, 0.05) is 4.47 Å². The summed E-state index contributed by atoms with van der Waals surface area (Å²) in [6.07, 6.45) is -0.339. The van der Waals surface area contributed by atoms with E-state index in [2.05, 4.69) is 21.2 Å². The lowest BCUT2D eigenvalue weighted by molar-refractivity contribution is -0.138. The number of hydrogen-bond acceptors (Lipinski definition) is 2. The van der Waals surface area contributed by atoms with Crippen LogP contribution in [0, 0.1) is 5.82 Å². The molecular formula is C10H7BrFNO3. The van der Waals surface area contributed by atoms with Crippen LogP contribution in [0.4, 0.5) is 10.1 Å². The Balaban J connectivity index is 2.47. The first kappa shape index (κ1) is 11.1. The Hall–Kier alpha value is -1.43. The molecule has 16 heavy (non-hydrogen) atoms. The predicted octanol–water partition coefficient (Wildman–Crippen LogP) is 2.10. The molecule has 1 aliphatic rings. The highest BCUT2D eigenvalue weighted by atomic mass is 79.9. The van der Waals surface area contributed by atoms with Gasteiger partial charge in [-0.3, -0.25) is 9.59 Å². The van der Waals surface area contributed by atoms with Crippen LogP contribution < -0.4 is 5.32 Å².